The second-order valence-electron chi connectivity index (χ2n) is 8.59. The van der Waals surface area contributed by atoms with Crippen LogP contribution in [0.15, 0.2) is 53.9 Å². The van der Waals surface area contributed by atoms with Gasteiger partial charge in [0.15, 0.2) is 0 Å². The van der Waals surface area contributed by atoms with Gasteiger partial charge in [-0.05, 0) is 71.7 Å². The molecule has 0 unspecified atom stereocenters. The van der Waals surface area contributed by atoms with Gasteiger partial charge in [-0.2, -0.15) is 0 Å². The number of halogens is 1. The molecule has 1 aliphatic heterocycles. The van der Waals surface area contributed by atoms with E-state index in [9.17, 15) is 9.18 Å². The fraction of sp³-hybridized carbons (Fsp3) is 0.346. The van der Waals surface area contributed by atoms with E-state index in [0.29, 0.717) is 26.2 Å². The van der Waals surface area contributed by atoms with Gasteiger partial charge in [0.1, 0.15) is 18.2 Å². The number of nitrogens with zero attached hydrogens (tertiary/aromatic N) is 2. The maximum absolute atomic E-state index is 13.4. The molecule has 32 heavy (non-hydrogen) atoms. The first-order valence-electron chi connectivity index (χ1n) is 11.2. The average molecular weight is 451 g/mol. The number of aryl methyl sites for hydroxylation is 2. The van der Waals surface area contributed by atoms with Crippen LogP contribution in [0.1, 0.15) is 38.3 Å². The molecule has 1 aromatic heterocycles. The summed E-state index contributed by atoms with van der Waals surface area (Å²) in [5.41, 5.74) is 4.84. The highest BCUT2D eigenvalue weighted by atomic mass is 32.1. The summed E-state index contributed by atoms with van der Waals surface area (Å²) in [5.74, 6) is 0.785. The van der Waals surface area contributed by atoms with E-state index >= 15 is 0 Å². The Labute approximate surface area is 192 Å². The maximum Gasteiger partial charge on any atom is 0.264 e. The predicted molar refractivity (Wildman–Crippen MR) is 125 cm³/mol. The summed E-state index contributed by atoms with van der Waals surface area (Å²) in [6, 6.07) is 15.1. The molecule has 1 amide bonds. The summed E-state index contributed by atoms with van der Waals surface area (Å²) in [6.07, 6.45) is 3.54. The number of piperazine rings is 1. The van der Waals surface area contributed by atoms with Crippen LogP contribution in [0.25, 0.3) is 0 Å². The number of fused-ring (bicyclic) bond motifs is 1. The van der Waals surface area contributed by atoms with Crippen molar-refractivity contribution in [2.24, 2.45) is 0 Å². The standard InChI is InChI=1S/C26H27FN2O2S/c27-23-6-1-3-19(13-23)16-28-9-11-29(12-10-28)26(30)25-14-20(18-32-25)17-31-24-8-7-21-4-2-5-22(21)15-24/h1,3,6-8,13-15,18H,2,4-5,9-12,16-17H2. The minimum atomic E-state index is -0.204. The zero-order valence-electron chi connectivity index (χ0n) is 18.1. The fourth-order valence-corrected chi connectivity index (χ4v) is 5.39. The third-order valence-electron chi connectivity index (χ3n) is 6.29. The molecule has 0 atom stereocenters. The minimum Gasteiger partial charge on any atom is -0.489 e. The predicted octanol–water partition coefficient (Wildman–Crippen LogP) is 4.91. The highest BCUT2D eigenvalue weighted by Gasteiger charge is 2.23. The molecule has 5 rings (SSSR count). The molecule has 1 aliphatic carbocycles. The molecule has 3 aromatic rings. The maximum atomic E-state index is 13.4. The van der Waals surface area contributed by atoms with Crippen molar-refractivity contribution < 1.29 is 13.9 Å². The van der Waals surface area contributed by atoms with Gasteiger partial charge in [-0.25, -0.2) is 4.39 Å². The average Bonchev–Trinajstić information content (AvgIpc) is 3.47. The highest BCUT2D eigenvalue weighted by Crippen LogP contribution is 2.27. The molecular weight excluding hydrogens is 423 g/mol. The molecule has 0 radical (unpaired) electrons. The number of amides is 1. The lowest BCUT2D eigenvalue weighted by Crippen LogP contribution is -2.48. The zero-order valence-corrected chi connectivity index (χ0v) is 18.9. The van der Waals surface area contributed by atoms with Crippen molar-refractivity contribution in [2.75, 3.05) is 26.2 Å². The van der Waals surface area contributed by atoms with Crippen LogP contribution in [0.4, 0.5) is 4.39 Å². The van der Waals surface area contributed by atoms with Crippen molar-refractivity contribution in [3.05, 3.63) is 86.9 Å². The van der Waals surface area contributed by atoms with Gasteiger partial charge in [-0.3, -0.25) is 9.69 Å². The number of benzene rings is 2. The Bertz CT molecular complexity index is 1100. The van der Waals surface area contributed by atoms with Gasteiger partial charge in [-0.15, -0.1) is 11.3 Å². The van der Waals surface area contributed by atoms with Crippen LogP contribution < -0.4 is 4.74 Å². The quantitative estimate of drug-likeness (QED) is 0.535. The SMILES string of the molecule is O=C(c1cc(COc2ccc3c(c2)CCC3)cs1)N1CCN(Cc2cccc(F)c2)CC1. The number of thiophene rings is 1. The van der Waals surface area contributed by atoms with E-state index in [1.165, 1.54) is 41.4 Å². The molecule has 1 saturated heterocycles. The molecule has 2 aromatic carbocycles. The number of carbonyl (C=O) groups is 1. The van der Waals surface area contributed by atoms with Crippen molar-refractivity contribution in [1.82, 2.24) is 9.80 Å². The Morgan fingerprint density at radius 1 is 0.969 bits per heavy atom. The molecule has 0 bridgehead atoms. The van der Waals surface area contributed by atoms with E-state index in [2.05, 4.69) is 17.0 Å². The monoisotopic (exact) mass is 450 g/mol. The Hall–Kier alpha value is -2.70. The number of ether oxygens (including phenoxy) is 1. The highest BCUT2D eigenvalue weighted by molar-refractivity contribution is 7.12. The van der Waals surface area contributed by atoms with Gasteiger partial charge < -0.3 is 9.64 Å². The van der Waals surface area contributed by atoms with E-state index in [1.54, 1.807) is 12.1 Å². The van der Waals surface area contributed by atoms with Gasteiger partial charge in [0, 0.05) is 38.3 Å². The number of hydrogen-bond donors (Lipinski definition) is 0. The minimum absolute atomic E-state index is 0.0872. The molecule has 2 aliphatic rings. The van der Waals surface area contributed by atoms with Gasteiger partial charge in [0.05, 0.1) is 4.88 Å². The summed E-state index contributed by atoms with van der Waals surface area (Å²) >= 11 is 1.49. The summed E-state index contributed by atoms with van der Waals surface area (Å²) in [5, 5.41) is 2.01. The number of carbonyl (C=O) groups excluding carboxylic acids is 1. The molecule has 0 saturated carbocycles. The molecular formula is C26H27FN2O2S. The normalized spacial score (nSPS) is 16.2. The van der Waals surface area contributed by atoms with Crippen molar-refractivity contribution in [3.63, 3.8) is 0 Å². The molecule has 1 fully saturated rings. The van der Waals surface area contributed by atoms with Crippen LogP contribution in [0.3, 0.4) is 0 Å². The fourth-order valence-electron chi connectivity index (χ4n) is 4.53. The van der Waals surface area contributed by atoms with E-state index < -0.39 is 0 Å². The molecule has 166 valence electrons. The van der Waals surface area contributed by atoms with E-state index in [-0.39, 0.29) is 11.7 Å². The van der Waals surface area contributed by atoms with E-state index in [0.717, 1.165) is 41.3 Å². The topological polar surface area (TPSA) is 32.8 Å². The van der Waals surface area contributed by atoms with Gasteiger partial charge >= 0.3 is 0 Å². The Morgan fingerprint density at radius 2 is 1.81 bits per heavy atom. The van der Waals surface area contributed by atoms with E-state index in [1.807, 2.05) is 28.5 Å². The number of rotatable bonds is 6. The van der Waals surface area contributed by atoms with Gasteiger partial charge in [0.25, 0.3) is 5.91 Å². The van der Waals surface area contributed by atoms with Crippen molar-refractivity contribution in [1.29, 1.82) is 0 Å². The zero-order chi connectivity index (χ0) is 21.9. The molecule has 0 spiro atoms. The lowest BCUT2D eigenvalue weighted by atomic mass is 10.1. The van der Waals surface area contributed by atoms with Crippen LogP contribution in [0.5, 0.6) is 5.75 Å². The lowest BCUT2D eigenvalue weighted by molar-refractivity contribution is 0.0633. The first-order chi connectivity index (χ1) is 15.6. The third-order valence-corrected chi connectivity index (χ3v) is 7.26. The van der Waals surface area contributed by atoms with Crippen LogP contribution in [-0.2, 0) is 26.0 Å². The van der Waals surface area contributed by atoms with Crippen LogP contribution in [-0.4, -0.2) is 41.9 Å². The lowest BCUT2D eigenvalue weighted by Gasteiger charge is -2.34. The Kier molecular flexibility index (Phi) is 6.23. The molecule has 2 heterocycles. The third kappa shape index (κ3) is 4.87. The Balaban J connectivity index is 1.12. The smallest absolute Gasteiger partial charge is 0.264 e. The second kappa shape index (κ2) is 9.43. The van der Waals surface area contributed by atoms with Crippen molar-refractivity contribution in [3.8, 4) is 5.75 Å². The van der Waals surface area contributed by atoms with Crippen LogP contribution in [0.2, 0.25) is 0 Å². The summed E-state index contributed by atoms with van der Waals surface area (Å²) in [6.45, 7) is 4.15. The molecule has 4 nitrogen and oxygen atoms in total. The van der Waals surface area contributed by atoms with Gasteiger partial charge in [0.2, 0.25) is 0 Å². The summed E-state index contributed by atoms with van der Waals surface area (Å²) in [7, 11) is 0. The summed E-state index contributed by atoms with van der Waals surface area (Å²) in [4.78, 5) is 17.9. The largest absolute Gasteiger partial charge is 0.489 e. The van der Waals surface area contributed by atoms with Crippen LogP contribution in [0, 0.1) is 5.82 Å². The molecule has 0 N–H and O–H groups in total. The van der Waals surface area contributed by atoms with Gasteiger partial charge in [-0.1, -0.05) is 18.2 Å². The Morgan fingerprint density at radius 3 is 2.66 bits per heavy atom. The van der Waals surface area contributed by atoms with E-state index in [4.69, 9.17) is 4.74 Å². The van der Waals surface area contributed by atoms with Crippen LogP contribution >= 0.6 is 11.3 Å². The summed E-state index contributed by atoms with van der Waals surface area (Å²) < 4.78 is 19.4. The van der Waals surface area contributed by atoms with Crippen molar-refractivity contribution >= 4 is 17.2 Å². The number of hydrogen-bond acceptors (Lipinski definition) is 4. The molecule has 6 heteroatoms. The van der Waals surface area contributed by atoms with Crippen molar-refractivity contribution in [2.45, 2.75) is 32.4 Å². The second-order valence-corrected chi connectivity index (χ2v) is 9.50. The first-order valence-corrected chi connectivity index (χ1v) is 12.1. The first kappa shape index (κ1) is 21.2.